The summed E-state index contributed by atoms with van der Waals surface area (Å²) >= 11 is 0. The predicted molar refractivity (Wildman–Crippen MR) is 144 cm³/mol. The van der Waals surface area contributed by atoms with Gasteiger partial charge in [0.15, 0.2) is 0 Å². The first-order valence-corrected chi connectivity index (χ1v) is 11.4. The van der Waals surface area contributed by atoms with Crippen LogP contribution in [0.5, 0.6) is 0 Å². The van der Waals surface area contributed by atoms with Crippen LogP contribution in [0.2, 0.25) is 0 Å². The van der Waals surface area contributed by atoms with Crippen LogP contribution in [-0.4, -0.2) is 32.1 Å². The minimum absolute atomic E-state index is 0.0608. The minimum atomic E-state index is -0.520. The number of nitrogens with zero attached hydrogens (tertiary/aromatic N) is 2. The van der Waals surface area contributed by atoms with Crippen LogP contribution in [0, 0.1) is 0 Å². The summed E-state index contributed by atoms with van der Waals surface area (Å²) in [6, 6.07) is 24.4. The van der Waals surface area contributed by atoms with Gasteiger partial charge in [-0.15, -0.1) is 0 Å². The molecule has 0 unspecified atom stereocenters. The summed E-state index contributed by atoms with van der Waals surface area (Å²) in [4.78, 5) is 27.7. The van der Waals surface area contributed by atoms with E-state index in [4.69, 9.17) is 0 Å². The predicted octanol–water partition coefficient (Wildman–Crippen LogP) is 4.97. The fourth-order valence-electron chi connectivity index (χ4n) is 3.27. The van der Waals surface area contributed by atoms with Gasteiger partial charge in [-0.3, -0.25) is 9.59 Å². The first-order valence-electron chi connectivity index (χ1n) is 11.4. The van der Waals surface area contributed by atoms with Gasteiger partial charge in [0.2, 0.25) is 0 Å². The van der Waals surface area contributed by atoms with E-state index in [0.717, 1.165) is 16.8 Å². The van der Waals surface area contributed by atoms with Gasteiger partial charge in [0.25, 0.3) is 11.8 Å². The summed E-state index contributed by atoms with van der Waals surface area (Å²) in [6.07, 6.45) is 3.20. The monoisotopic (exact) mass is 468 g/mol. The quantitative estimate of drug-likeness (QED) is 0.292. The highest BCUT2D eigenvalue weighted by molar-refractivity contribution is 6.05. The van der Waals surface area contributed by atoms with Crippen molar-refractivity contribution in [2.24, 2.45) is 5.10 Å². The molecule has 0 aliphatic rings. The molecule has 0 atom stereocenters. The molecule has 3 aromatic rings. The fourth-order valence-corrected chi connectivity index (χ4v) is 3.27. The SMILES string of the molecule is CN(C)c1ccc(/C=C(\NC(=O)c2ccccc2)C(=O)N/N=C\c2ccc(C(C)(C)C)cc2)cc1. The third kappa shape index (κ3) is 7.40. The van der Waals surface area contributed by atoms with Crippen molar-refractivity contribution in [1.82, 2.24) is 10.7 Å². The zero-order valence-corrected chi connectivity index (χ0v) is 20.9. The van der Waals surface area contributed by atoms with Crippen LogP contribution in [-0.2, 0) is 10.2 Å². The molecule has 2 amide bonds. The van der Waals surface area contributed by atoms with Crippen LogP contribution in [0.15, 0.2) is 89.7 Å². The summed E-state index contributed by atoms with van der Waals surface area (Å²) in [5, 5.41) is 6.81. The van der Waals surface area contributed by atoms with Crippen LogP contribution in [0.3, 0.4) is 0 Å². The number of carbonyl (C=O) groups is 2. The maximum Gasteiger partial charge on any atom is 0.287 e. The number of hydrogen-bond donors (Lipinski definition) is 2. The highest BCUT2D eigenvalue weighted by Gasteiger charge is 2.15. The maximum absolute atomic E-state index is 12.9. The molecular formula is C29H32N4O2. The highest BCUT2D eigenvalue weighted by Crippen LogP contribution is 2.21. The van der Waals surface area contributed by atoms with E-state index in [1.807, 2.05) is 73.6 Å². The Kier molecular flexibility index (Phi) is 8.21. The molecule has 0 saturated carbocycles. The highest BCUT2D eigenvalue weighted by atomic mass is 16.2. The molecule has 0 saturated heterocycles. The lowest BCUT2D eigenvalue weighted by molar-refractivity contribution is -0.117. The molecule has 6 nitrogen and oxygen atoms in total. The fraction of sp³-hybridized carbons (Fsp3) is 0.207. The van der Waals surface area contributed by atoms with E-state index in [-0.39, 0.29) is 17.0 Å². The topological polar surface area (TPSA) is 73.8 Å². The van der Waals surface area contributed by atoms with Gasteiger partial charge in [-0.25, -0.2) is 5.43 Å². The van der Waals surface area contributed by atoms with Crippen molar-refractivity contribution in [3.63, 3.8) is 0 Å². The van der Waals surface area contributed by atoms with Crippen molar-refractivity contribution in [3.8, 4) is 0 Å². The maximum atomic E-state index is 12.9. The number of anilines is 1. The van der Waals surface area contributed by atoms with Gasteiger partial charge in [-0.1, -0.05) is 75.4 Å². The molecule has 3 aromatic carbocycles. The Bertz CT molecular complexity index is 1200. The molecule has 180 valence electrons. The van der Waals surface area contributed by atoms with Gasteiger partial charge in [-0.2, -0.15) is 5.10 Å². The lowest BCUT2D eigenvalue weighted by Gasteiger charge is -2.18. The van der Waals surface area contributed by atoms with Gasteiger partial charge in [0, 0.05) is 25.3 Å². The summed E-state index contributed by atoms with van der Waals surface area (Å²) in [5.74, 6) is -0.896. The van der Waals surface area contributed by atoms with Crippen LogP contribution < -0.4 is 15.6 Å². The Hall–Kier alpha value is -4.19. The zero-order valence-electron chi connectivity index (χ0n) is 20.9. The average Bonchev–Trinajstić information content (AvgIpc) is 2.84. The molecule has 0 aromatic heterocycles. The average molecular weight is 469 g/mol. The number of rotatable bonds is 7. The second-order valence-electron chi connectivity index (χ2n) is 9.44. The summed E-state index contributed by atoms with van der Waals surface area (Å²) < 4.78 is 0. The van der Waals surface area contributed by atoms with E-state index in [1.165, 1.54) is 5.56 Å². The number of carbonyl (C=O) groups excluding carboxylic acids is 2. The van der Waals surface area contributed by atoms with Gasteiger partial charge in [0.1, 0.15) is 5.70 Å². The number of hydrazone groups is 1. The van der Waals surface area contributed by atoms with Crippen LogP contribution in [0.1, 0.15) is 47.8 Å². The second kappa shape index (κ2) is 11.3. The molecule has 0 radical (unpaired) electrons. The lowest BCUT2D eigenvalue weighted by atomic mass is 9.87. The molecule has 0 heterocycles. The Morgan fingerprint density at radius 3 is 2.00 bits per heavy atom. The number of hydrogen-bond acceptors (Lipinski definition) is 4. The molecule has 0 aliphatic heterocycles. The third-order valence-corrected chi connectivity index (χ3v) is 5.41. The first kappa shape index (κ1) is 25.4. The Morgan fingerprint density at radius 1 is 0.829 bits per heavy atom. The van der Waals surface area contributed by atoms with Gasteiger partial charge in [0.05, 0.1) is 6.21 Å². The molecule has 35 heavy (non-hydrogen) atoms. The Balaban J connectivity index is 1.78. The van der Waals surface area contributed by atoms with Gasteiger partial charge >= 0.3 is 0 Å². The number of nitrogens with one attached hydrogen (secondary N) is 2. The van der Waals surface area contributed by atoms with E-state index < -0.39 is 5.91 Å². The summed E-state index contributed by atoms with van der Waals surface area (Å²) in [5.41, 5.74) is 7.01. The summed E-state index contributed by atoms with van der Waals surface area (Å²) in [7, 11) is 3.91. The van der Waals surface area contributed by atoms with E-state index >= 15 is 0 Å². The first-order chi connectivity index (χ1) is 16.6. The van der Waals surface area contributed by atoms with Crippen LogP contribution in [0.25, 0.3) is 6.08 Å². The van der Waals surface area contributed by atoms with E-state index in [0.29, 0.717) is 5.56 Å². The van der Waals surface area contributed by atoms with E-state index in [2.05, 4.69) is 36.6 Å². The zero-order chi connectivity index (χ0) is 25.4. The largest absolute Gasteiger partial charge is 0.378 e. The normalized spacial score (nSPS) is 11.9. The summed E-state index contributed by atoms with van der Waals surface area (Å²) in [6.45, 7) is 6.46. The second-order valence-corrected chi connectivity index (χ2v) is 9.44. The number of benzene rings is 3. The Labute approximate surface area is 207 Å². The smallest absolute Gasteiger partial charge is 0.287 e. The molecule has 6 heteroatoms. The molecule has 0 aliphatic carbocycles. The van der Waals surface area contributed by atoms with Crippen molar-refractivity contribution in [2.75, 3.05) is 19.0 Å². The van der Waals surface area contributed by atoms with Crippen molar-refractivity contribution >= 4 is 29.8 Å². The van der Waals surface area contributed by atoms with Gasteiger partial charge < -0.3 is 10.2 Å². The van der Waals surface area contributed by atoms with Gasteiger partial charge in [-0.05, 0) is 52.4 Å². The Morgan fingerprint density at radius 2 is 1.43 bits per heavy atom. The third-order valence-electron chi connectivity index (χ3n) is 5.41. The van der Waals surface area contributed by atoms with Crippen molar-refractivity contribution in [3.05, 3.63) is 107 Å². The number of amides is 2. The molecule has 0 spiro atoms. The standard InChI is InChI=1S/C29H32N4O2/c1-29(2,3)24-15-11-22(12-16-24)20-30-32-28(35)26(31-27(34)23-9-7-6-8-10-23)19-21-13-17-25(18-14-21)33(4)5/h6-20H,1-5H3,(H,31,34)(H,32,35)/b26-19-,30-20-. The molecule has 0 fully saturated rings. The molecule has 2 N–H and O–H groups in total. The van der Waals surface area contributed by atoms with Crippen molar-refractivity contribution in [1.29, 1.82) is 0 Å². The van der Waals surface area contributed by atoms with Crippen LogP contribution in [0.4, 0.5) is 5.69 Å². The minimum Gasteiger partial charge on any atom is -0.378 e. The lowest BCUT2D eigenvalue weighted by Crippen LogP contribution is -2.32. The molecule has 3 rings (SSSR count). The van der Waals surface area contributed by atoms with Crippen LogP contribution >= 0.6 is 0 Å². The molecule has 0 bridgehead atoms. The van der Waals surface area contributed by atoms with Crippen molar-refractivity contribution < 1.29 is 9.59 Å². The molecular weight excluding hydrogens is 436 g/mol. The van der Waals surface area contributed by atoms with E-state index in [9.17, 15) is 9.59 Å². The van der Waals surface area contributed by atoms with E-state index in [1.54, 1.807) is 36.6 Å². The van der Waals surface area contributed by atoms with Crippen molar-refractivity contribution in [2.45, 2.75) is 26.2 Å².